The molecule has 0 saturated carbocycles. The number of halogens is 1. The largest absolute Gasteiger partial charge is 0.293 e. The van der Waals surface area contributed by atoms with Gasteiger partial charge in [-0.3, -0.25) is 9.69 Å². The number of likely N-dealkylation sites (tertiary alicyclic amines) is 1. The van der Waals surface area contributed by atoms with E-state index in [-0.39, 0.29) is 5.78 Å². The molecule has 0 N–H and O–H groups in total. The highest BCUT2D eigenvalue weighted by Gasteiger charge is 2.28. The van der Waals surface area contributed by atoms with Crippen LogP contribution in [0, 0.1) is 5.92 Å². The van der Waals surface area contributed by atoms with Crippen LogP contribution in [0.2, 0.25) is 0 Å². The van der Waals surface area contributed by atoms with E-state index in [4.69, 9.17) is 0 Å². The SMILES string of the molecule is CC1CC(C)N(CC(=O)c2sccc2Br)C1. The average molecular weight is 302 g/mol. The smallest absolute Gasteiger partial charge is 0.187 e. The van der Waals surface area contributed by atoms with Crippen LogP contribution in [0.4, 0.5) is 0 Å². The van der Waals surface area contributed by atoms with Crippen molar-refractivity contribution < 1.29 is 4.79 Å². The third kappa shape index (κ3) is 2.55. The van der Waals surface area contributed by atoms with E-state index in [1.165, 1.54) is 17.8 Å². The summed E-state index contributed by atoms with van der Waals surface area (Å²) in [6.45, 7) is 6.07. The monoisotopic (exact) mass is 301 g/mol. The Morgan fingerprint density at radius 1 is 1.62 bits per heavy atom. The van der Waals surface area contributed by atoms with Crippen molar-refractivity contribution in [3.63, 3.8) is 0 Å². The van der Waals surface area contributed by atoms with Gasteiger partial charge in [-0.15, -0.1) is 11.3 Å². The minimum atomic E-state index is 0.239. The fourth-order valence-electron chi connectivity index (χ4n) is 2.36. The topological polar surface area (TPSA) is 20.3 Å². The van der Waals surface area contributed by atoms with Crippen molar-refractivity contribution in [1.82, 2.24) is 4.90 Å². The van der Waals surface area contributed by atoms with Crippen LogP contribution in [0.3, 0.4) is 0 Å². The summed E-state index contributed by atoms with van der Waals surface area (Å²) in [4.78, 5) is 15.2. The van der Waals surface area contributed by atoms with E-state index >= 15 is 0 Å². The number of hydrogen-bond donors (Lipinski definition) is 0. The van der Waals surface area contributed by atoms with Crippen molar-refractivity contribution in [3.8, 4) is 0 Å². The van der Waals surface area contributed by atoms with Crippen molar-refractivity contribution in [1.29, 1.82) is 0 Å². The lowest BCUT2D eigenvalue weighted by Gasteiger charge is -2.19. The molecule has 88 valence electrons. The van der Waals surface area contributed by atoms with Crippen molar-refractivity contribution in [2.75, 3.05) is 13.1 Å². The van der Waals surface area contributed by atoms with E-state index < -0.39 is 0 Å². The molecule has 0 spiro atoms. The molecule has 1 aromatic heterocycles. The Labute approximate surface area is 109 Å². The second-order valence-corrected chi connectivity index (χ2v) is 6.41. The molecule has 1 aliphatic heterocycles. The van der Waals surface area contributed by atoms with Gasteiger partial charge in [0.15, 0.2) is 5.78 Å². The molecule has 0 radical (unpaired) electrons. The summed E-state index contributed by atoms with van der Waals surface area (Å²) in [6.07, 6.45) is 1.21. The summed E-state index contributed by atoms with van der Waals surface area (Å²) in [5.41, 5.74) is 0. The van der Waals surface area contributed by atoms with Crippen molar-refractivity contribution in [3.05, 3.63) is 20.8 Å². The molecule has 1 aromatic rings. The maximum Gasteiger partial charge on any atom is 0.187 e. The first-order chi connectivity index (χ1) is 7.58. The van der Waals surface area contributed by atoms with Gasteiger partial charge in [-0.25, -0.2) is 0 Å². The first-order valence-corrected chi connectivity index (χ1v) is 7.25. The Morgan fingerprint density at radius 3 is 2.88 bits per heavy atom. The van der Waals surface area contributed by atoms with Gasteiger partial charge in [-0.2, -0.15) is 0 Å². The fraction of sp³-hybridized carbons (Fsp3) is 0.583. The highest BCUT2D eigenvalue weighted by Crippen LogP contribution is 2.26. The maximum absolute atomic E-state index is 12.1. The summed E-state index contributed by atoms with van der Waals surface area (Å²) in [5.74, 6) is 0.956. The Hall–Kier alpha value is -0.190. The Morgan fingerprint density at radius 2 is 2.38 bits per heavy atom. The fourth-order valence-corrected chi connectivity index (χ4v) is 3.88. The summed E-state index contributed by atoms with van der Waals surface area (Å²) in [6, 6.07) is 2.48. The second kappa shape index (κ2) is 4.98. The lowest BCUT2D eigenvalue weighted by Crippen LogP contribution is -2.32. The van der Waals surface area contributed by atoms with Crippen molar-refractivity contribution in [2.24, 2.45) is 5.92 Å². The Balaban J connectivity index is 2.01. The molecular formula is C12H16BrNOS. The molecule has 1 fully saturated rings. The van der Waals surface area contributed by atoms with Gasteiger partial charge in [0.2, 0.25) is 0 Å². The number of thiophene rings is 1. The third-order valence-electron chi connectivity index (χ3n) is 3.13. The van der Waals surface area contributed by atoms with Gasteiger partial charge in [0, 0.05) is 17.1 Å². The maximum atomic E-state index is 12.1. The van der Waals surface area contributed by atoms with Gasteiger partial charge in [0.05, 0.1) is 11.4 Å². The zero-order valence-electron chi connectivity index (χ0n) is 9.57. The highest BCUT2D eigenvalue weighted by molar-refractivity contribution is 9.10. The van der Waals surface area contributed by atoms with Crippen LogP contribution in [-0.4, -0.2) is 29.8 Å². The predicted molar refractivity (Wildman–Crippen MR) is 71.2 cm³/mol. The second-order valence-electron chi connectivity index (χ2n) is 4.64. The summed E-state index contributed by atoms with van der Waals surface area (Å²) in [7, 11) is 0. The summed E-state index contributed by atoms with van der Waals surface area (Å²) >= 11 is 4.93. The molecule has 0 amide bonds. The standard InChI is InChI=1S/C12H16BrNOS/c1-8-5-9(2)14(6-8)7-11(15)12-10(13)3-4-16-12/h3-4,8-9H,5-7H2,1-2H3. The highest BCUT2D eigenvalue weighted by atomic mass is 79.9. The number of carbonyl (C=O) groups excluding carboxylic acids is 1. The molecule has 0 bridgehead atoms. The minimum Gasteiger partial charge on any atom is -0.293 e. The third-order valence-corrected chi connectivity index (χ3v) is 5.01. The molecule has 16 heavy (non-hydrogen) atoms. The number of ketones is 1. The van der Waals surface area contributed by atoms with Crippen LogP contribution in [-0.2, 0) is 0 Å². The molecule has 4 heteroatoms. The van der Waals surface area contributed by atoms with Crippen molar-refractivity contribution >= 4 is 33.0 Å². The molecule has 2 atom stereocenters. The molecule has 0 aromatic carbocycles. The van der Waals surface area contributed by atoms with Gasteiger partial charge in [0.1, 0.15) is 0 Å². The van der Waals surface area contributed by atoms with Gasteiger partial charge in [0.25, 0.3) is 0 Å². The van der Waals surface area contributed by atoms with E-state index in [1.54, 1.807) is 0 Å². The Kier molecular flexibility index (Phi) is 3.82. The van der Waals surface area contributed by atoms with Crippen molar-refractivity contribution in [2.45, 2.75) is 26.3 Å². The molecule has 1 saturated heterocycles. The Bertz CT molecular complexity index is 390. The first kappa shape index (κ1) is 12.3. The average Bonchev–Trinajstić information content (AvgIpc) is 2.74. The number of Topliss-reactive ketones (excluding diaryl/α,β-unsaturated/α-hetero) is 1. The number of hydrogen-bond acceptors (Lipinski definition) is 3. The van der Waals surface area contributed by atoms with E-state index in [0.29, 0.717) is 12.6 Å². The summed E-state index contributed by atoms with van der Waals surface area (Å²) < 4.78 is 0.933. The van der Waals surface area contributed by atoms with Gasteiger partial charge >= 0.3 is 0 Å². The quantitative estimate of drug-likeness (QED) is 0.797. The predicted octanol–water partition coefficient (Wildman–Crippen LogP) is 3.42. The zero-order chi connectivity index (χ0) is 11.7. The van der Waals surface area contributed by atoms with Crippen LogP contribution >= 0.6 is 27.3 Å². The summed E-state index contributed by atoms with van der Waals surface area (Å²) in [5, 5.41) is 1.95. The molecule has 2 rings (SSSR count). The van der Waals surface area contributed by atoms with Gasteiger partial charge in [-0.05, 0) is 46.6 Å². The molecule has 2 unspecified atom stereocenters. The van der Waals surface area contributed by atoms with Crippen LogP contribution in [0.5, 0.6) is 0 Å². The number of rotatable bonds is 3. The molecular weight excluding hydrogens is 286 g/mol. The normalized spacial score (nSPS) is 26.2. The minimum absolute atomic E-state index is 0.239. The van der Waals surface area contributed by atoms with Gasteiger partial charge in [-0.1, -0.05) is 6.92 Å². The van der Waals surface area contributed by atoms with E-state index in [1.807, 2.05) is 11.4 Å². The van der Waals surface area contributed by atoms with Crippen LogP contribution < -0.4 is 0 Å². The van der Waals surface area contributed by atoms with Crippen LogP contribution in [0.1, 0.15) is 29.9 Å². The van der Waals surface area contributed by atoms with E-state index in [2.05, 4.69) is 34.7 Å². The molecule has 2 nitrogen and oxygen atoms in total. The van der Waals surface area contributed by atoms with Gasteiger partial charge < -0.3 is 0 Å². The van der Waals surface area contributed by atoms with Crippen LogP contribution in [0.15, 0.2) is 15.9 Å². The van der Waals surface area contributed by atoms with Crippen LogP contribution in [0.25, 0.3) is 0 Å². The lowest BCUT2D eigenvalue weighted by molar-refractivity contribution is 0.0928. The molecule has 0 aliphatic carbocycles. The first-order valence-electron chi connectivity index (χ1n) is 5.58. The lowest BCUT2D eigenvalue weighted by atomic mass is 10.1. The molecule has 2 heterocycles. The zero-order valence-corrected chi connectivity index (χ0v) is 12.0. The number of nitrogens with zero attached hydrogens (tertiary/aromatic N) is 1. The van der Waals surface area contributed by atoms with E-state index in [0.717, 1.165) is 21.8 Å². The van der Waals surface area contributed by atoms with E-state index in [9.17, 15) is 4.79 Å². The molecule has 1 aliphatic rings. The number of carbonyl (C=O) groups is 1.